The minimum atomic E-state index is -0.318. The van der Waals surface area contributed by atoms with Gasteiger partial charge in [-0.1, -0.05) is 48.0 Å². The molecule has 1 aromatic carbocycles. The fourth-order valence-corrected chi connectivity index (χ4v) is 3.17. The van der Waals surface area contributed by atoms with Gasteiger partial charge in [-0.25, -0.2) is 0 Å². The number of hydrogen-bond acceptors (Lipinski definition) is 4. The van der Waals surface area contributed by atoms with Gasteiger partial charge in [0, 0.05) is 35.5 Å². The number of nitrogens with zero attached hydrogens (tertiary/aromatic N) is 2. The van der Waals surface area contributed by atoms with Crippen molar-refractivity contribution in [2.45, 2.75) is 32.7 Å². The highest BCUT2D eigenvalue weighted by Crippen LogP contribution is 2.28. The van der Waals surface area contributed by atoms with Crippen molar-refractivity contribution in [1.82, 2.24) is 9.55 Å². The molecular weight excluding hydrogens is 350 g/mol. The van der Waals surface area contributed by atoms with Crippen LogP contribution in [0, 0.1) is 0 Å². The van der Waals surface area contributed by atoms with Crippen LogP contribution in [0.2, 0.25) is 0 Å². The largest absolute Gasteiger partial charge is 0.396 e. The molecule has 2 N–H and O–H groups in total. The third-order valence-electron chi connectivity index (χ3n) is 4.43. The fraction of sp³-hybridized carbons (Fsp3) is 0.300. The average molecular weight is 372 g/mol. The Hall–Kier alpha value is -2.37. The van der Waals surface area contributed by atoms with E-state index >= 15 is 0 Å². The standard InChI is InChI=1S/C20H22ClN3O2/c1-14-17(21)8-5-9-18(14)22-20-23-19(26)16(10-11-25)13-24(20)12-15-6-3-2-4-7-15/h2-4,6-8,13,25H,5,9-12H2,1H3,(H,22,23,26). The minimum absolute atomic E-state index is 0.0836. The first-order chi connectivity index (χ1) is 12.6. The number of aromatic nitrogens is 2. The Morgan fingerprint density at radius 3 is 2.81 bits per heavy atom. The molecule has 0 aliphatic heterocycles. The second-order valence-corrected chi connectivity index (χ2v) is 6.71. The summed E-state index contributed by atoms with van der Waals surface area (Å²) in [6.45, 7) is 2.45. The van der Waals surface area contributed by atoms with Crippen molar-refractivity contribution in [3.63, 3.8) is 0 Å². The van der Waals surface area contributed by atoms with E-state index in [1.54, 1.807) is 6.20 Å². The van der Waals surface area contributed by atoms with Crippen LogP contribution >= 0.6 is 11.6 Å². The summed E-state index contributed by atoms with van der Waals surface area (Å²) in [5.74, 6) is 0.487. The number of allylic oxidation sites excluding steroid dienone is 4. The van der Waals surface area contributed by atoms with Crippen molar-refractivity contribution in [2.75, 3.05) is 11.9 Å². The monoisotopic (exact) mass is 371 g/mol. The van der Waals surface area contributed by atoms with Crippen LogP contribution in [0.15, 0.2) is 63.7 Å². The number of rotatable bonds is 6. The van der Waals surface area contributed by atoms with E-state index in [2.05, 4.69) is 10.3 Å². The van der Waals surface area contributed by atoms with Gasteiger partial charge in [0.25, 0.3) is 5.56 Å². The van der Waals surface area contributed by atoms with Crippen LogP contribution in [0.5, 0.6) is 0 Å². The summed E-state index contributed by atoms with van der Waals surface area (Å²) in [6.07, 6.45) is 5.73. The SMILES string of the molecule is CC1=C(Nc2nc(=O)c(CCO)cn2Cc2ccccc2)CCC=C1Cl. The van der Waals surface area contributed by atoms with Crippen molar-refractivity contribution >= 4 is 17.5 Å². The summed E-state index contributed by atoms with van der Waals surface area (Å²) >= 11 is 6.24. The van der Waals surface area contributed by atoms with Crippen molar-refractivity contribution < 1.29 is 5.11 Å². The highest BCUT2D eigenvalue weighted by molar-refractivity contribution is 6.32. The van der Waals surface area contributed by atoms with Crippen molar-refractivity contribution in [2.24, 2.45) is 0 Å². The molecule has 0 spiro atoms. The van der Waals surface area contributed by atoms with Gasteiger partial charge in [-0.15, -0.1) is 0 Å². The third kappa shape index (κ3) is 4.23. The van der Waals surface area contributed by atoms with Gasteiger partial charge in [-0.2, -0.15) is 4.98 Å². The smallest absolute Gasteiger partial charge is 0.277 e. The summed E-state index contributed by atoms with van der Waals surface area (Å²) < 4.78 is 1.91. The summed E-state index contributed by atoms with van der Waals surface area (Å²) in [7, 11) is 0. The Morgan fingerprint density at radius 2 is 2.08 bits per heavy atom. The highest BCUT2D eigenvalue weighted by Gasteiger charge is 2.15. The molecule has 1 heterocycles. The van der Waals surface area contributed by atoms with Gasteiger partial charge in [0.05, 0.1) is 6.54 Å². The Kier molecular flexibility index (Phi) is 5.91. The lowest BCUT2D eigenvalue weighted by Gasteiger charge is -2.20. The van der Waals surface area contributed by atoms with E-state index in [1.807, 2.05) is 47.9 Å². The van der Waals surface area contributed by atoms with Gasteiger partial charge in [-0.3, -0.25) is 4.79 Å². The summed E-state index contributed by atoms with van der Waals surface area (Å²) in [5.41, 5.74) is 3.23. The van der Waals surface area contributed by atoms with Crippen LogP contribution < -0.4 is 10.9 Å². The van der Waals surface area contributed by atoms with E-state index in [-0.39, 0.29) is 18.6 Å². The van der Waals surface area contributed by atoms with E-state index in [0.717, 1.165) is 34.7 Å². The first kappa shape index (κ1) is 18.4. The van der Waals surface area contributed by atoms with Crippen LogP contribution in [-0.2, 0) is 13.0 Å². The number of halogens is 1. The first-order valence-corrected chi connectivity index (χ1v) is 9.04. The van der Waals surface area contributed by atoms with E-state index in [9.17, 15) is 9.90 Å². The zero-order chi connectivity index (χ0) is 18.5. The van der Waals surface area contributed by atoms with Gasteiger partial charge in [0.1, 0.15) is 0 Å². The number of nitrogens with one attached hydrogen (secondary N) is 1. The molecule has 0 radical (unpaired) electrons. The molecule has 3 rings (SSSR count). The van der Waals surface area contributed by atoms with E-state index in [4.69, 9.17) is 11.6 Å². The molecule has 2 aromatic rings. The maximum Gasteiger partial charge on any atom is 0.277 e. The molecule has 0 amide bonds. The maximum absolute atomic E-state index is 12.3. The topological polar surface area (TPSA) is 67.2 Å². The van der Waals surface area contributed by atoms with Gasteiger partial charge in [-0.05, 0) is 30.9 Å². The second-order valence-electron chi connectivity index (χ2n) is 6.30. The van der Waals surface area contributed by atoms with E-state index in [1.165, 1.54) is 0 Å². The van der Waals surface area contributed by atoms with Crippen molar-refractivity contribution in [3.8, 4) is 0 Å². The molecule has 0 saturated heterocycles. The van der Waals surface area contributed by atoms with Crippen LogP contribution in [0.4, 0.5) is 5.95 Å². The predicted octanol–water partition coefficient (Wildman–Crippen LogP) is 3.43. The third-order valence-corrected chi connectivity index (χ3v) is 4.87. The zero-order valence-corrected chi connectivity index (χ0v) is 15.5. The molecule has 1 aromatic heterocycles. The average Bonchev–Trinajstić information content (AvgIpc) is 2.63. The predicted molar refractivity (Wildman–Crippen MR) is 104 cm³/mol. The molecule has 0 bridgehead atoms. The Bertz CT molecular complexity index is 901. The van der Waals surface area contributed by atoms with Crippen LogP contribution in [0.1, 0.15) is 30.9 Å². The van der Waals surface area contributed by atoms with Crippen LogP contribution in [-0.4, -0.2) is 21.3 Å². The molecule has 6 heteroatoms. The lowest BCUT2D eigenvalue weighted by atomic mass is 10.0. The molecule has 0 saturated carbocycles. The van der Waals surface area contributed by atoms with Crippen molar-refractivity contribution in [3.05, 3.63) is 80.4 Å². The van der Waals surface area contributed by atoms with Gasteiger partial charge in [0.2, 0.25) is 5.95 Å². The Balaban J connectivity index is 2.00. The van der Waals surface area contributed by atoms with Crippen LogP contribution in [0.3, 0.4) is 0 Å². The van der Waals surface area contributed by atoms with Gasteiger partial charge < -0.3 is 15.0 Å². The lowest BCUT2D eigenvalue weighted by Crippen LogP contribution is -2.23. The number of benzene rings is 1. The molecule has 0 unspecified atom stereocenters. The molecule has 1 aliphatic carbocycles. The van der Waals surface area contributed by atoms with Gasteiger partial charge in [0.15, 0.2) is 0 Å². The van der Waals surface area contributed by atoms with Crippen LogP contribution in [0.25, 0.3) is 0 Å². The van der Waals surface area contributed by atoms with E-state index < -0.39 is 0 Å². The van der Waals surface area contributed by atoms with Crippen molar-refractivity contribution in [1.29, 1.82) is 0 Å². The zero-order valence-electron chi connectivity index (χ0n) is 14.7. The molecule has 0 fully saturated rings. The first-order valence-electron chi connectivity index (χ1n) is 8.66. The van der Waals surface area contributed by atoms with Gasteiger partial charge >= 0.3 is 0 Å². The summed E-state index contributed by atoms with van der Waals surface area (Å²) in [5, 5.41) is 13.2. The molecule has 1 aliphatic rings. The maximum atomic E-state index is 12.3. The molecular formula is C20H22ClN3O2. The molecule has 26 heavy (non-hydrogen) atoms. The number of aliphatic hydroxyl groups is 1. The molecule has 5 nitrogen and oxygen atoms in total. The second kappa shape index (κ2) is 8.34. The highest BCUT2D eigenvalue weighted by atomic mass is 35.5. The molecule has 0 atom stereocenters. The Labute approximate surface area is 157 Å². The summed E-state index contributed by atoms with van der Waals surface area (Å²) in [6, 6.07) is 9.97. The number of aliphatic hydroxyl groups excluding tert-OH is 1. The van der Waals surface area contributed by atoms with E-state index in [0.29, 0.717) is 18.1 Å². The normalized spacial score (nSPS) is 14.3. The molecule has 136 valence electrons. The fourth-order valence-electron chi connectivity index (χ4n) is 2.95. The Morgan fingerprint density at radius 1 is 1.31 bits per heavy atom. The minimum Gasteiger partial charge on any atom is -0.396 e. The lowest BCUT2D eigenvalue weighted by molar-refractivity contribution is 0.298. The number of hydrogen-bond donors (Lipinski definition) is 2. The number of anilines is 1. The quantitative estimate of drug-likeness (QED) is 0.816. The summed E-state index contributed by atoms with van der Waals surface area (Å²) in [4.78, 5) is 16.5.